The number of hydrogen-bond acceptors (Lipinski definition) is 2. The molecule has 3 nitrogen and oxygen atoms in total. The Morgan fingerprint density at radius 2 is 2.13 bits per heavy atom. The standard InChI is InChI=1S/C12H15NO2/c1-3-10-4-6-11(7-5-10)8-13-12(15)9(2)14/h3-7,9,14H,1,8H2,2H3,(H,13,15)/t9-/m1/s1. The molecule has 0 saturated heterocycles. The van der Waals surface area contributed by atoms with Crippen LogP contribution in [0.25, 0.3) is 6.08 Å². The lowest BCUT2D eigenvalue weighted by molar-refractivity contribution is -0.128. The first kappa shape index (κ1) is 11.5. The van der Waals surface area contributed by atoms with E-state index >= 15 is 0 Å². The van der Waals surface area contributed by atoms with Gasteiger partial charge in [0.1, 0.15) is 6.10 Å². The predicted molar refractivity (Wildman–Crippen MR) is 60.1 cm³/mol. The highest BCUT2D eigenvalue weighted by Crippen LogP contribution is 2.05. The molecule has 0 aliphatic heterocycles. The summed E-state index contributed by atoms with van der Waals surface area (Å²) in [6, 6.07) is 7.69. The van der Waals surface area contributed by atoms with E-state index in [1.165, 1.54) is 6.92 Å². The van der Waals surface area contributed by atoms with Crippen molar-refractivity contribution in [3.63, 3.8) is 0 Å². The van der Waals surface area contributed by atoms with Crippen LogP contribution in [0.4, 0.5) is 0 Å². The van der Waals surface area contributed by atoms with Crippen molar-refractivity contribution in [1.82, 2.24) is 5.32 Å². The average Bonchev–Trinajstić information content (AvgIpc) is 2.26. The van der Waals surface area contributed by atoms with E-state index in [2.05, 4.69) is 11.9 Å². The van der Waals surface area contributed by atoms with Gasteiger partial charge in [0.25, 0.3) is 0 Å². The molecular formula is C12H15NO2. The average molecular weight is 205 g/mol. The van der Waals surface area contributed by atoms with Crippen LogP contribution in [0.2, 0.25) is 0 Å². The molecule has 1 atom stereocenters. The number of rotatable bonds is 4. The Labute approximate surface area is 89.4 Å². The zero-order valence-electron chi connectivity index (χ0n) is 8.73. The van der Waals surface area contributed by atoms with Gasteiger partial charge < -0.3 is 10.4 Å². The van der Waals surface area contributed by atoms with Crippen molar-refractivity contribution in [2.24, 2.45) is 0 Å². The predicted octanol–water partition coefficient (Wildman–Crippen LogP) is 1.33. The molecule has 2 N–H and O–H groups in total. The van der Waals surface area contributed by atoms with Crippen LogP contribution in [-0.2, 0) is 11.3 Å². The van der Waals surface area contributed by atoms with Crippen LogP contribution >= 0.6 is 0 Å². The summed E-state index contributed by atoms with van der Waals surface area (Å²) in [5.74, 6) is -0.359. The molecule has 0 aliphatic carbocycles. The van der Waals surface area contributed by atoms with Crippen LogP contribution < -0.4 is 5.32 Å². The summed E-state index contributed by atoms with van der Waals surface area (Å²) in [5.41, 5.74) is 2.04. The zero-order valence-corrected chi connectivity index (χ0v) is 8.73. The Morgan fingerprint density at radius 1 is 1.53 bits per heavy atom. The van der Waals surface area contributed by atoms with E-state index in [-0.39, 0.29) is 5.91 Å². The van der Waals surface area contributed by atoms with Gasteiger partial charge in [-0.2, -0.15) is 0 Å². The van der Waals surface area contributed by atoms with Gasteiger partial charge in [-0.3, -0.25) is 4.79 Å². The van der Waals surface area contributed by atoms with Gasteiger partial charge in [-0.15, -0.1) is 0 Å². The van der Waals surface area contributed by atoms with Gasteiger partial charge in [0.2, 0.25) is 5.91 Å². The normalized spacial score (nSPS) is 11.9. The van der Waals surface area contributed by atoms with Crippen molar-refractivity contribution in [3.8, 4) is 0 Å². The van der Waals surface area contributed by atoms with E-state index in [1.807, 2.05) is 24.3 Å². The lowest BCUT2D eigenvalue weighted by Crippen LogP contribution is -2.31. The Morgan fingerprint density at radius 3 is 2.60 bits per heavy atom. The van der Waals surface area contributed by atoms with Crippen LogP contribution in [-0.4, -0.2) is 17.1 Å². The third kappa shape index (κ3) is 3.56. The number of nitrogens with one attached hydrogen (secondary N) is 1. The first-order valence-corrected chi connectivity index (χ1v) is 4.80. The Balaban J connectivity index is 2.51. The van der Waals surface area contributed by atoms with Crippen molar-refractivity contribution in [3.05, 3.63) is 42.0 Å². The largest absolute Gasteiger partial charge is 0.384 e. The van der Waals surface area contributed by atoms with Gasteiger partial charge in [0, 0.05) is 6.54 Å². The molecule has 0 saturated carbocycles. The van der Waals surface area contributed by atoms with Gasteiger partial charge in [-0.05, 0) is 18.1 Å². The molecule has 80 valence electrons. The first-order valence-electron chi connectivity index (χ1n) is 4.80. The molecule has 0 aliphatic rings. The lowest BCUT2D eigenvalue weighted by Gasteiger charge is -2.07. The molecule has 0 spiro atoms. The highest BCUT2D eigenvalue weighted by molar-refractivity contribution is 5.79. The lowest BCUT2D eigenvalue weighted by atomic mass is 10.1. The minimum atomic E-state index is -0.961. The van der Waals surface area contributed by atoms with Crippen LogP contribution in [0.1, 0.15) is 18.1 Å². The summed E-state index contributed by atoms with van der Waals surface area (Å²) < 4.78 is 0. The van der Waals surface area contributed by atoms with Crippen LogP contribution in [0, 0.1) is 0 Å². The van der Waals surface area contributed by atoms with Gasteiger partial charge in [0.05, 0.1) is 0 Å². The number of benzene rings is 1. The highest BCUT2D eigenvalue weighted by Gasteiger charge is 2.06. The molecule has 0 radical (unpaired) electrons. The number of carbonyl (C=O) groups excluding carboxylic acids is 1. The van der Waals surface area contributed by atoms with Crippen LogP contribution in [0.5, 0.6) is 0 Å². The van der Waals surface area contributed by atoms with Crippen molar-refractivity contribution >= 4 is 12.0 Å². The minimum absolute atomic E-state index is 0.359. The molecule has 3 heteroatoms. The minimum Gasteiger partial charge on any atom is -0.384 e. The maximum Gasteiger partial charge on any atom is 0.248 e. The molecule has 0 fully saturated rings. The third-order valence-corrected chi connectivity index (χ3v) is 2.06. The van der Waals surface area contributed by atoms with Gasteiger partial charge in [0.15, 0.2) is 0 Å². The van der Waals surface area contributed by atoms with Crippen molar-refractivity contribution < 1.29 is 9.90 Å². The molecule has 1 rings (SSSR count). The molecule has 0 bridgehead atoms. The van der Waals surface area contributed by atoms with E-state index in [9.17, 15) is 4.79 Å². The summed E-state index contributed by atoms with van der Waals surface area (Å²) in [5, 5.41) is 11.6. The number of aliphatic hydroxyl groups excluding tert-OH is 1. The van der Waals surface area contributed by atoms with Gasteiger partial charge >= 0.3 is 0 Å². The van der Waals surface area contributed by atoms with E-state index in [0.717, 1.165) is 11.1 Å². The van der Waals surface area contributed by atoms with E-state index in [4.69, 9.17) is 5.11 Å². The Kier molecular flexibility index (Phi) is 4.06. The Hall–Kier alpha value is -1.61. The second-order valence-electron chi connectivity index (χ2n) is 3.34. The summed E-state index contributed by atoms with van der Waals surface area (Å²) in [6.07, 6.45) is 0.801. The van der Waals surface area contributed by atoms with Crippen molar-refractivity contribution in [2.75, 3.05) is 0 Å². The molecular weight excluding hydrogens is 190 g/mol. The zero-order chi connectivity index (χ0) is 11.3. The number of carbonyl (C=O) groups is 1. The second kappa shape index (κ2) is 5.32. The molecule has 0 heterocycles. The van der Waals surface area contributed by atoms with Crippen molar-refractivity contribution in [1.29, 1.82) is 0 Å². The van der Waals surface area contributed by atoms with Crippen LogP contribution in [0.3, 0.4) is 0 Å². The fraction of sp³-hybridized carbons (Fsp3) is 0.250. The smallest absolute Gasteiger partial charge is 0.248 e. The monoisotopic (exact) mass is 205 g/mol. The third-order valence-electron chi connectivity index (χ3n) is 2.06. The fourth-order valence-electron chi connectivity index (χ4n) is 1.11. The van der Waals surface area contributed by atoms with Crippen LogP contribution in [0.15, 0.2) is 30.8 Å². The van der Waals surface area contributed by atoms with Gasteiger partial charge in [-0.1, -0.05) is 36.9 Å². The molecule has 1 aromatic carbocycles. The molecule has 0 aromatic heterocycles. The maximum absolute atomic E-state index is 11.1. The number of aliphatic hydroxyl groups is 1. The summed E-state index contributed by atoms with van der Waals surface area (Å²) >= 11 is 0. The quantitative estimate of drug-likeness (QED) is 0.779. The van der Waals surface area contributed by atoms with E-state index < -0.39 is 6.10 Å². The van der Waals surface area contributed by atoms with Gasteiger partial charge in [-0.25, -0.2) is 0 Å². The molecule has 15 heavy (non-hydrogen) atoms. The molecule has 0 unspecified atom stereocenters. The topological polar surface area (TPSA) is 49.3 Å². The fourth-order valence-corrected chi connectivity index (χ4v) is 1.11. The molecule has 1 aromatic rings. The van der Waals surface area contributed by atoms with E-state index in [1.54, 1.807) is 6.08 Å². The highest BCUT2D eigenvalue weighted by atomic mass is 16.3. The number of hydrogen-bond donors (Lipinski definition) is 2. The Bertz CT molecular complexity index is 341. The summed E-state index contributed by atoms with van der Waals surface area (Å²) in [4.78, 5) is 11.1. The number of amides is 1. The first-order chi connectivity index (χ1) is 7.13. The maximum atomic E-state index is 11.1. The molecule has 1 amide bonds. The second-order valence-corrected chi connectivity index (χ2v) is 3.34. The summed E-state index contributed by atoms with van der Waals surface area (Å²) in [6.45, 7) is 5.53. The van der Waals surface area contributed by atoms with Crippen molar-refractivity contribution in [2.45, 2.75) is 19.6 Å². The summed E-state index contributed by atoms with van der Waals surface area (Å²) in [7, 11) is 0. The van der Waals surface area contributed by atoms with E-state index in [0.29, 0.717) is 6.54 Å². The SMILES string of the molecule is C=Cc1ccc(CNC(=O)[C@@H](C)O)cc1.